The summed E-state index contributed by atoms with van der Waals surface area (Å²) in [5.74, 6) is 0.532. The van der Waals surface area contributed by atoms with E-state index in [9.17, 15) is 13.2 Å². The first-order valence-corrected chi connectivity index (χ1v) is 17.1. The second kappa shape index (κ2) is 12.9. The number of para-hydroxylation sites is 1. The van der Waals surface area contributed by atoms with Gasteiger partial charge in [-0.1, -0.05) is 66.4 Å². The molecule has 6 rings (SSSR count). The maximum atomic E-state index is 13.7. The number of carbonyl (C=O) groups is 1. The average molecular weight is 661 g/mol. The fraction of sp³-hybridized carbons (Fsp3) is 0.242. The first-order chi connectivity index (χ1) is 21.6. The summed E-state index contributed by atoms with van der Waals surface area (Å²) in [5.41, 5.74) is 3.56. The Balaban J connectivity index is 1.36. The van der Waals surface area contributed by atoms with E-state index in [4.69, 9.17) is 26.8 Å². The fourth-order valence-electron chi connectivity index (χ4n) is 5.40. The summed E-state index contributed by atoms with van der Waals surface area (Å²) >= 11 is 6.84. The number of rotatable bonds is 8. The van der Waals surface area contributed by atoms with Crippen molar-refractivity contribution in [1.82, 2.24) is 19.0 Å². The number of aromatic nitrogens is 2. The van der Waals surface area contributed by atoms with Gasteiger partial charge in [-0.25, -0.2) is 13.1 Å². The van der Waals surface area contributed by atoms with Gasteiger partial charge in [0.2, 0.25) is 10.0 Å². The summed E-state index contributed by atoms with van der Waals surface area (Å²) in [6, 6.07) is 23.9. The molecule has 0 aliphatic carbocycles. The van der Waals surface area contributed by atoms with E-state index in [0.29, 0.717) is 32.6 Å². The van der Waals surface area contributed by atoms with Crippen molar-refractivity contribution in [2.75, 3.05) is 20.2 Å². The molecule has 1 amide bonds. The molecule has 2 aliphatic rings. The van der Waals surface area contributed by atoms with Crippen molar-refractivity contribution in [2.24, 2.45) is 0 Å². The summed E-state index contributed by atoms with van der Waals surface area (Å²) in [7, 11) is -2.18. The van der Waals surface area contributed by atoms with Crippen molar-refractivity contribution < 1.29 is 22.7 Å². The van der Waals surface area contributed by atoms with Gasteiger partial charge >= 0.3 is 0 Å². The van der Waals surface area contributed by atoms with Gasteiger partial charge < -0.3 is 9.47 Å². The molecular formula is C33H32N4O5S3. The van der Waals surface area contributed by atoms with Crippen molar-refractivity contribution >= 4 is 50.3 Å². The highest BCUT2D eigenvalue weighted by Gasteiger charge is 2.34. The number of ether oxygens (including phenoxy) is 2. The molecule has 4 aromatic rings. The average Bonchev–Trinajstić information content (AvgIpc) is 3.58. The molecule has 3 heterocycles. The Morgan fingerprint density at radius 2 is 1.73 bits per heavy atom. The molecule has 0 bridgehead atoms. The molecule has 3 aromatic carbocycles. The first-order valence-electron chi connectivity index (χ1n) is 14.4. The highest BCUT2D eigenvalue weighted by Crippen LogP contribution is 2.36. The van der Waals surface area contributed by atoms with Crippen LogP contribution in [0.3, 0.4) is 0 Å². The van der Waals surface area contributed by atoms with Gasteiger partial charge in [0.25, 0.3) is 5.91 Å². The zero-order chi connectivity index (χ0) is 31.7. The van der Waals surface area contributed by atoms with Crippen LogP contribution >= 0.6 is 24.0 Å². The van der Waals surface area contributed by atoms with Gasteiger partial charge in [-0.3, -0.25) is 9.69 Å². The normalized spacial score (nSPS) is 20.2. The van der Waals surface area contributed by atoms with E-state index in [1.165, 1.54) is 16.1 Å². The van der Waals surface area contributed by atoms with Crippen LogP contribution in [0.4, 0.5) is 0 Å². The van der Waals surface area contributed by atoms with Crippen molar-refractivity contribution in [3.8, 4) is 22.7 Å². The zero-order valence-electron chi connectivity index (χ0n) is 25.0. The molecule has 0 radical (unpaired) electrons. The number of sulfonamides is 1. The maximum absolute atomic E-state index is 13.7. The van der Waals surface area contributed by atoms with Gasteiger partial charge in [-0.2, -0.15) is 9.40 Å². The van der Waals surface area contributed by atoms with Gasteiger partial charge in [0.15, 0.2) is 0 Å². The number of carbonyl (C=O) groups excluding carboxylic acids is 1. The number of thioether (sulfide) groups is 1. The molecular weight excluding hydrogens is 629 g/mol. The van der Waals surface area contributed by atoms with Gasteiger partial charge in [-0.15, -0.1) is 0 Å². The van der Waals surface area contributed by atoms with Crippen LogP contribution in [0.25, 0.3) is 23.0 Å². The SMILES string of the molecule is COc1ccc(CN2C(=O)C(=Cc3cn(-c4ccccc4)nc3-c3cccc(S(=O)(=O)N4CC(C)OC(C)C4)c3)SC2=S)cc1. The van der Waals surface area contributed by atoms with Crippen molar-refractivity contribution in [2.45, 2.75) is 37.5 Å². The third-order valence-electron chi connectivity index (χ3n) is 7.55. The van der Waals surface area contributed by atoms with Gasteiger partial charge in [-0.05, 0) is 61.9 Å². The number of morpholine rings is 1. The third-order valence-corrected chi connectivity index (χ3v) is 10.8. The van der Waals surface area contributed by atoms with Crippen LogP contribution in [-0.2, 0) is 26.1 Å². The van der Waals surface area contributed by atoms with Crippen LogP contribution in [-0.4, -0.2) is 70.0 Å². The third kappa shape index (κ3) is 6.61. The fourth-order valence-corrected chi connectivity index (χ4v) is 8.28. The molecule has 2 saturated heterocycles. The highest BCUT2D eigenvalue weighted by molar-refractivity contribution is 8.26. The molecule has 2 unspecified atom stereocenters. The summed E-state index contributed by atoms with van der Waals surface area (Å²) in [5, 5.41) is 4.86. The number of methoxy groups -OCH3 is 1. The van der Waals surface area contributed by atoms with E-state index in [0.717, 1.165) is 17.0 Å². The van der Waals surface area contributed by atoms with Crippen LogP contribution in [0.1, 0.15) is 25.0 Å². The minimum Gasteiger partial charge on any atom is -0.497 e. The number of hydrogen-bond donors (Lipinski definition) is 0. The van der Waals surface area contributed by atoms with Gasteiger partial charge in [0.05, 0.1) is 41.4 Å². The molecule has 9 nitrogen and oxygen atoms in total. The molecule has 12 heteroatoms. The number of thiocarbonyl (C=S) groups is 1. The lowest BCUT2D eigenvalue weighted by atomic mass is 10.1. The van der Waals surface area contributed by atoms with Crippen LogP contribution in [0.15, 0.2) is 94.9 Å². The Kier molecular flexibility index (Phi) is 8.94. The van der Waals surface area contributed by atoms with E-state index in [-0.39, 0.29) is 36.1 Å². The van der Waals surface area contributed by atoms with Crippen LogP contribution in [0.5, 0.6) is 5.75 Å². The Morgan fingerprint density at radius 1 is 1.02 bits per heavy atom. The van der Waals surface area contributed by atoms with Crippen LogP contribution < -0.4 is 4.74 Å². The quantitative estimate of drug-likeness (QED) is 0.174. The van der Waals surface area contributed by atoms with E-state index >= 15 is 0 Å². The molecule has 0 saturated carbocycles. The molecule has 2 aliphatic heterocycles. The molecule has 45 heavy (non-hydrogen) atoms. The zero-order valence-corrected chi connectivity index (χ0v) is 27.4. The predicted molar refractivity (Wildman–Crippen MR) is 179 cm³/mol. The number of nitrogens with zero attached hydrogens (tertiary/aromatic N) is 4. The Hall–Kier alpha value is -3.81. The number of hydrogen-bond acceptors (Lipinski definition) is 8. The second-order valence-electron chi connectivity index (χ2n) is 10.9. The molecule has 2 fully saturated rings. The molecule has 232 valence electrons. The maximum Gasteiger partial charge on any atom is 0.266 e. The van der Waals surface area contributed by atoms with Gasteiger partial charge in [0.1, 0.15) is 15.8 Å². The van der Waals surface area contributed by atoms with Crippen LogP contribution in [0, 0.1) is 0 Å². The lowest BCUT2D eigenvalue weighted by molar-refractivity contribution is -0.122. The lowest BCUT2D eigenvalue weighted by Gasteiger charge is -2.34. The Bertz CT molecular complexity index is 1860. The van der Waals surface area contributed by atoms with E-state index in [1.54, 1.807) is 41.0 Å². The molecule has 2 atom stereocenters. The number of benzene rings is 3. The first kappa shape index (κ1) is 31.2. The Labute approximate surface area is 272 Å². The van der Waals surface area contributed by atoms with Crippen LogP contribution in [0.2, 0.25) is 0 Å². The van der Waals surface area contributed by atoms with E-state index in [1.807, 2.05) is 80.7 Å². The van der Waals surface area contributed by atoms with Gasteiger partial charge in [0, 0.05) is 30.4 Å². The van der Waals surface area contributed by atoms with Crippen molar-refractivity contribution in [3.63, 3.8) is 0 Å². The highest BCUT2D eigenvalue weighted by atomic mass is 32.2. The predicted octanol–water partition coefficient (Wildman–Crippen LogP) is 5.75. The molecule has 0 spiro atoms. The summed E-state index contributed by atoms with van der Waals surface area (Å²) in [4.78, 5) is 15.8. The largest absolute Gasteiger partial charge is 0.497 e. The summed E-state index contributed by atoms with van der Waals surface area (Å²) in [6.45, 7) is 4.64. The standard InChI is InChI=1S/C33H32N4O5S3/c1-22-18-35(19-23(2)42-22)45(39,40)29-11-7-8-25(16-29)31-26(21-37(34-31)27-9-5-4-6-10-27)17-30-32(38)36(33(43)44-30)20-24-12-14-28(41-3)15-13-24/h4-17,21-23H,18-20H2,1-3H3. The van der Waals surface area contributed by atoms with Crippen molar-refractivity contribution in [3.05, 3.63) is 101 Å². The smallest absolute Gasteiger partial charge is 0.266 e. The number of amides is 1. The van der Waals surface area contributed by atoms with Crippen molar-refractivity contribution in [1.29, 1.82) is 0 Å². The summed E-state index contributed by atoms with van der Waals surface area (Å²) < 4.78 is 42.1. The van der Waals surface area contributed by atoms with E-state index < -0.39 is 10.0 Å². The summed E-state index contributed by atoms with van der Waals surface area (Å²) in [6.07, 6.45) is 3.21. The minimum absolute atomic E-state index is 0.173. The Morgan fingerprint density at radius 3 is 2.42 bits per heavy atom. The molecule has 1 aromatic heterocycles. The lowest BCUT2D eigenvalue weighted by Crippen LogP contribution is -2.48. The molecule has 0 N–H and O–H groups in total. The topological polar surface area (TPSA) is 94.0 Å². The minimum atomic E-state index is -3.78. The van der Waals surface area contributed by atoms with E-state index in [2.05, 4.69) is 0 Å². The monoisotopic (exact) mass is 660 g/mol. The second-order valence-corrected chi connectivity index (χ2v) is 14.5.